The van der Waals surface area contributed by atoms with Gasteiger partial charge in [0.15, 0.2) is 0 Å². The van der Waals surface area contributed by atoms with Crippen LogP contribution in [0.4, 0.5) is 5.69 Å². The normalized spacial score (nSPS) is 18.2. The van der Waals surface area contributed by atoms with Crippen molar-refractivity contribution < 1.29 is 13.2 Å². The van der Waals surface area contributed by atoms with Crippen LogP contribution in [0.15, 0.2) is 53.7 Å². The monoisotopic (exact) mass is 290 g/mol. The van der Waals surface area contributed by atoms with Gasteiger partial charge in [0, 0.05) is 12.4 Å². The molecule has 0 amide bonds. The Morgan fingerprint density at radius 3 is 2.80 bits per heavy atom. The third kappa shape index (κ3) is 2.02. The van der Waals surface area contributed by atoms with Gasteiger partial charge in [0.05, 0.1) is 11.7 Å². The number of fused-ring (bicyclic) bond motifs is 1. The first kappa shape index (κ1) is 12.9. The van der Waals surface area contributed by atoms with Crippen molar-refractivity contribution in [2.45, 2.75) is 17.9 Å². The second-order valence-electron chi connectivity index (χ2n) is 4.62. The highest BCUT2D eigenvalue weighted by molar-refractivity contribution is 7.92. The van der Waals surface area contributed by atoms with Crippen molar-refractivity contribution in [2.24, 2.45) is 0 Å². The first-order chi connectivity index (χ1) is 9.60. The predicted octanol–water partition coefficient (Wildman–Crippen LogP) is 2.06. The first-order valence-corrected chi connectivity index (χ1v) is 7.71. The van der Waals surface area contributed by atoms with Gasteiger partial charge in [0.1, 0.15) is 17.3 Å². The standard InChI is InChI=1S/C14H14N2O3S/c1-11-10-19-14-7-3-2-6-13(14)16(11)20(17,18)12-5-4-8-15-9-12/h2-9,11H,10H2,1H3/t11-/m1/s1. The van der Waals surface area contributed by atoms with E-state index in [1.807, 2.05) is 13.0 Å². The van der Waals surface area contributed by atoms with Gasteiger partial charge in [-0.05, 0) is 31.2 Å². The lowest BCUT2D eigenvalue weighted by Gasteiger charge is -2.35. The number of rotatable bonds is 2. The fourth-order valence-corrected chi connectivity index (χ4v) is 3.87. The van der Waals surface area contributed by atoms with E-state index in [9.17, 15) is 8.42 Å². The molecule has 0 unspecified atom stereocenters. The maximum absolute atomic E-state index is 12.8. The molecular weight excluding hydrogens is 276 g/mol. The summed E-state index contributed by atoms with van der Waals surface area (Å²) in [6.07, 6.45) is 2.91. The molecule has 20 heavy (non-hydrogen) atoms. The zero-order valence-electron chi connectivity index (χ0n) is 10.9. The summed E-state index contributed by atoms with van der Waals surface area (Å²) in [5, 5.41) is 0. The van der Waals surface area contributed by atoms with Gasteiger partial charge in [0.25, 0.3) is 10.0 Å². The minimum Gasteiger partial charge on any atom is -0.489 e. The lowest BCUT2D eigenvalue weighted by molar-refractivity contribution is 0.281. The number of ether oxygens (including phenoxy) is 1. The van der Waals surface area contributed by atoms with Crippen LogP contribution >= 0.6 is 0 Å². The molecular formula is C14H14N2O3S. The number of sulfonamides is 1. The third-order valence-electron chi connectivity index (χ3n) is 3.17. The number of hydrogen-bond acceptors (Lipinski definition) is 4. The van der Waals surface area contributed by atoms with Crippen LogP contribution in [0.2, 0.25) is 0 Å². The van der Waals surface area contributed by atoms with Crippen LogP contribution in [0, 0.1) is 0 Å². The second kappa shape index (κ2) is 4.79. The number of hydrogen-bond donors (Lipinski definition) is 0. The summed E-state index contributed by atoms with van der Waals surface area (Å²) < 4.78 is 32.6. The van der Waals surface area contributed by atoms with Gasteiger partial charge in [-0.1, -0.05) is 12.1 Å². The van der Waals surface area contributed by atoms with Gasteiger partial charge < -0.3 is 4.74 Å². The predicted molar refractivity (Wildman–Crippen MR) is 75.3 cm³/mol. The van der Waals surface area contributed by atoms with Crippen molar-refractivity contribution in [3.8, 4) is 5.75 Å². The van der Waals surface area contributed by atoms with E-state index in [0.29, 0.717) is 18.0 Å². The number of para-hydroxylation sites is 2. The van der Waals surface area contributed by atoms with Crippen molar-refractivity contribution in [3.63, 3.8) is 0 Å². The van der Waals surface area contributed by atoms with E-state index < -0.39 is 10.0 Å². The fourth-order valence-electron chi connectivity index (χ4n) is 2.26. The van der Waals surface area contributed by atoms with Crippen LogP contribution in [-0.4, -0.2) is 26.1 Å². The van der Waals surface area contributed by atoms with Crippen LogP contribution in [0.1, 0.15) is 6.92 Å². The summed E-state index contributed by atoms with van der Waals surface area (Å²) in [6, 6.07) is 10.0. The SMILES string of the molecule is C[C@@H]1COc2ccccc2N1S(=O)(=O)c1cccnc1. The quantitative estimate of drug-likeness (QED) is 0.849. The van der Waals surface area contributed by atoms with Crippen LogP contribution < -0.4 is 9.04 Å². The smallest absolute Gasteiger partial charge is 0.266 e. The zero-order chi connectivity index (χ0) is 14.2. The highest BCUT2D eigenvalue weighted by Crippen LogP contribution is 2.37. The van der Waals surface area contributed by atoms with E-state index in [-0.39, 0.29) is 10.9 Å². The minimum atomic E-state index is -3.63. The molecule has 1 aromatic carbocycles. The molecule has 2 heterocycles. The summed E-state index contributed by atoms with van der Waals surface area (Å²) in [5.41, 5.74) is 0.565. The van der Waals surface area contributed by atoms with Gasteiger partial charge in [-0.25, -0.2) is 8.42 Å². The van der Waals surface area contributed by atoms with Gasteiger partial charge in [-0.15, -0.1) is 0 Å². The topological polar surface area (TPSA) is 59.5 Å². The van der Waals surface area contributed by atoms with E-state index in [1.54, 1.807) is 36.5 Å². The van der Waals surface area contributed by atoms with Crippen molar-refractivity contribution >= 4 is 15.7 Å². The average Bonchev–Trinajstić information content (AvgIpc) is 2.47. The van der Waals surface area contributed by atoms with Crippen molar-refractivity contribution in [1.82, 2.24) is 4.98 Å². The molecule has 2 aromatic rings. The molecule has 0 saturated heterocycles. The Kier molecular flexibility index (Phi) is 3.10. The molecule has 0 bridgehead atoms. The Hall–Kier alpha value is -2.08. The van der Waals surface area contributed by atoms with Crippen molar-refractivity contribution in [3.05, 3.63) is 48.8 Å². The second-order valence-corrected chi connectivity index (χ2v) is 6.43. The molecule has 1 atom stereocenters. The summed E-state index contributed by atoms with van der Waals surface area (Å²) in [7, 11) is -3.63. The lowest BCUT2D eigenvalue weighted by Crippen LogP contribution is -2.44. The molecule has 6 heteroatoms. The number of nitrogens with zero attached hydrogens (tertiary/aromatic N) is 2. The molecule has 1 aromatic heterocycles. The molecule has 104 valence electrons. The molecule has 0 saturated carbocycles. The molecule has 3 rings (SSSR count). The lowest BCUT2D eigenvalue weighted by atomic mass is 10.2. The summed E-state index contributed by atoms with van der Waals surface area (Å²) in [4.78, 5) is 4.07. The van der Waals surface area contributed by atoms with Crippen molar-refractivity contribution in [2.75, 3.05) is 10.9 Å². The Morgan fingerprint density at radius 2 is 2.05 bits per heavy atom. The first-order valence-electron chi connectivity index (χ1n) is 6.27. The molecule has 0 spiro atoms. The van der Waals surface area contributed by atoms with Crippen LogP contribution in [0.5, 0.6) is 5.75 Å². The maximum Gasteiger partial charge on any atom is 0.266 e. The highest BCUT2D eigenvalue weighted by atomic mass is 32.2. The molecule has 0 N–H and O–H groups in total. The van der Waals surface area contributed by atoms with Crippen molar-refractivity contribution in [1.29, 1.82) is 0 Å². The van der Waals surface area contributed by atoms with E-state index in [1.165, 1.54) is 10.5 Å². The average molecular weight is 290 g/mol. The van der Waals surface area contributed by atoms with Gasteiger partial charge in [-0.3, -0.25) is 9.29 Å². The van der Waals surface area contributed by atoms with Gasteiger partial charge in [-0.2, -0.15) is 0 Å². The Labute approximate surface area is 117 Å². The summed E-state index contributed by atoms with van der Waals surface area (Å²) in [5.74, 6) is 0.582. The highest BCUT2D eigenvalue weighted by Gasteiger charge is 2.34. The fraction of sp³-hybridized carbons (Fsp3) is 0.214. The zero-order valence-corrected chi connectivity index (χ0v) is 11.7. The maximum atomic E-state index is 12.8. The van der Waals surface area contributed by atoms with E-state index in [4.69, 9.17) is 4.74 Å². The Morgan fingerprint density at radius 1 is 1.25 bits per heavy atom. The molecule has 0 aliphatic carbocycles. The minimum absolute atomic E-state index is 0.184. The van der Waals surface area contributed by atoms with Gasteiger partial charge >= 0.3 is 0 Å². The van der Waals surface area contributed by atoms with E-state index in [0.717, 1.165) is 0 Å². The molecule has 0 radical (unpaired) electrons. The number of benzene rings is 1. The molecule has 0 fully saturated rings. The molecule has 5 nitrogen and oxygen atoms in total. The molecule has 1 aliphatic rings. The number of aromatic nitrogens is 1. The van der Waals surface area contributed by atoms with E-state index >= 15 is 0 Å². The third-order valence-corrected chi connectivity index (χ3v) is 5.09. The summed E-state index contributed by atoms with van der Waals surface area (Å²) in [6.45, 7) is 2.15. The molecule has 1 aliphatic heterocycles. The summed E-state index contributed by atoms with van der Waals surface area (Å²) >= 11 is 0. The Balaban J connectivity index is 2.14. The van der Waals surface area contributed by atoms with Gasteiger partial charge in [0.2, 0.25) is 0 Å². The van der Waals surface area contributed by atoms with E-state index in [2.05, 4.69) is 4.98 Å². The number of pyridine rings is 1. The largest absolute Gasteiger partial charge is 0.489 e. The van der Waals surface area contributed by atoms with Crippen LogP contribution in [0.25, 0.3) is 0 Å². The number of anilines is 1. The van der Waals surface area contributed by atoms with Crippen LogP contribution in [-0.2, 0) is 10.0 Å². The Bertz CT molecular complexity index is 716. The van der Waals surface area contributed by atoms with Crippen LogP contribution in [0.3, 0.4) is 0 Å².